The maximum absolute atomic E-state index is 12.8. The zero-order chi connectivity index (χ0) is 19.5. The minimum absolute atomic E-state index is 0.0104. The van der Waals surface area contributed by atoms with Crippen LogP contribution in [0.1, 0.15) is 12.8 Å². The fourth-order valence-electron chi connectivity index (χ4n) is 3.47. The van der Waals surface area contributed by atoms with Crippen molar-refractivity contribution < 1.29 is 18.7 Å². The first-order valence-corrected chi connectivity index (χ1v) is 9.31. The van der Waals surface area contributed by atoms with Gasteiger partial charge in [-0.05, 0) is 37.1 Å². The molecular formula is C21H23N3O4. The number of carbonyl (C=O) groups is 1. The Morgan fingerprint density at radius 2 is 1.93 bits per heavy atom. The number of carbonyl (C=O) groups excluding carboxylic acids is 1. The third kappa shape index (κ3) is 3.60. The third-order valence-corrected chi connectivity index (χ3v) is 5.08. The molecule has 2 heterocycles. The molecule has 7 heteroatoms. The monoisotopic (exact) mass is 381 g/mol. The standard InChI is InChI=1S/C21H23N3O4/c1-26-15-7-8-18(27-2)17(13-15)22-20(25)14-9-11-24(12-10-14)21-23-16-5-3-4-6-19(16)28-21/h3-8,13-14H,9-12H2,1-2H3,(H,22,25). The number of ether oxygens (including phenoxy) is 2. The number of anilines is 2. The van der Waals surface area contributed by atoms with E-state index in [2.05, 4.69) is 15.2 Å². The SMILES string of the molecule is COc1ccc(OC)c(NC(=O)C2CCN(c3nc4ccccc4o3)CC2)c1. The van der Waals surface area contributed by atoms with E-state index in [0.717, 1.165) is 37.0 Å². The smallest absolute Gasteiger partial charge is 0.298 e. The van der Waals surface area contributed by atoms with Gasteiger partial charge in [-0.15, -0.1) is 0 Å². The quantitative estimate of drug-likeness (QED) is 0.726. The van der Waals surface area contributed by atoms with Crippen molar-refractivity contribution in [2.75, 3.05) is 37.5 Å². The number of amides is 1. The Morgan fingerprint density at radius 3 is 2.64 bits per heavy atom. The molecule has 1 N–H and O–H groups in total. The zero-order valence-electron chi connectivity index (χ0n) is 16.0. The molecule has 4 rings (SSSR count). The molecule has 1 aliphatic heterocycles. The molecule has 3 aromatic rings. The average molecular weight is 381 g/mol. The van der Waals surface area contributed by atoms with Gasteiger partial charge in [-0.2, -0.15) is 4.98 Å². The van der Waals surface area contributed by atoms with E-state index >= 15 is 0 Å². The van der Waals surface area contributed by atoms with Gasteiger partial charge in [0.1, 0.15) is 17.0 Å². The minimum atomic E-state index is -0.0727. The molecule has 1 amide bonds. The molecule has 1 aromatic heterocycles. The van der Waals surface area contributed by atoms with Crippen LogP contribution in [0.4, 0.5) is 11.7 Å². The van der Waals surface area contributed by atoms with Gasteiger partial charge >= 0.3 is 0 Å². The number of hydrogen-bond acceptors (Lipinski definition) is 6. The van der Waals surface area contributed by atoms with Crippen LogP contribution in [0.2, 0.25) is 0 Å². The Kier molecular flexibility index (Phi) is 5.06. The highest BCUT2D eigenvalue weighted by Crippen LogP contribution is 2.31. The molecule has 1 saturated heterocycles. The van der Waals surface area contributed by atoms with Crippen molar-refractivity contribution in [1.29, 1.82) is 0 Å². The predicted octanol–water partition coefficient (Wildman–Crippen LogP) is 3.70. The lowest BCUT2D eigenvalue weighted by Crippen LogP contribution is -2.38. The van der Waals surface area contributed by atoms with Crippen molar-refractivity contribution >= 4 is 28.7 Å². The number of nitrogens with one attached hydrogen (secondary N) is 1. The first-order chi connectivity index (χ1) is 13.7. The summed E-state index contributed by atoms with van der Waals surface area (Å²) in [6.07, 6.45) is 1.47. The predicted molar refractivity (Wildman–Crippen MR) is 107 cm³/mol. The van der Waals surface area contributed by atoms with Gasteiger partial charge in [0.25, 0.3) is 6.01 Å². The van der Waals surface area contributed by atoms with Crippen LogP contribution in [0.5, 0.6) is 11.5 Å². The Balaban J connectivity index is 1.40. The Hall–Kier alpha value is -3.22. The number of oxazole rings is 1. The summed E-state index contributed by atoms with van der Waals surface area (Å²) in [6, 6.07) is 13.7. The van der Waals surface area contributed by atoms with Crippen LogP contribution in [-0.2, 0) is 4.79 Å². The van der Waals surface area contributed by atoms with E-state index in [9.17, 15) is 4.79 Å². The molecule has 28 heavy (non-hydrogen) atoms. The van der Waals surface area contributed by atoms with Crippen LogP contribution in [0.25, 0.3) is 11.1 Å². The van der Waals surface area contributed by atoms with Crippen molar-refractivity contribution in [3.05, 3.63) is 42.5 Å². The highest BCUT2D eigenvalue weighted by molar-refractivity contribution is 5.94. The van der Waals surface area contributed by atoms with Crippen LogP contribution >= 0.6 is 0 Å². The maximum Gasteiger partial charge on any atom is 0.298 e. The van der Waals surface area contributed by atoms with Crippen molar-refractivity contribution in [2.24, 2.45) is 5.92 Å². The summed E-state index contributed by atoms with van der Waals surface area (Å²) in [4.78, 5) is 19.4. The number of aromatic nitrogens is 1. The molecule has 0 unspecified atom stereocenters. The molecule has 1 fully saturated rings. The molecule has 0 spiro atoms. The van der Waals surface area contributed by atoms with E-state index < -0.39 is 0 Å². The van der Waals surface area contributed by atoms with Gasteiger partial charge in [-0.1, -0.05) is 12.1 Å². The Bertz CT molecular complexity index is 944. The minimum Gasteiger partial charge on any atom is -0.497 e. The van der Waals surface area contributed by atoms with E-state index in [1.165, 1.54) is 0 Å². The summed E-state index contributed by atoms with van der Waals surface area (Å²) in [7, 11) is 3.17. The van der Waals surface area contributed by atoms with Crippen molar-refractivity contribution in [2.45, 2.75) is 12.8 Å². The Labute approximate surface area is 163 Å². The topological polar surface area (TPSA) is 76.8 Å². The van der Waals surface area contributed by atoms with Gasteiger partial charge in [0, 0.05) is 25.1 Å². The first kappa shape index (κ1) is 18.2. The fraction of sp³-hybridized carbons (Fsp3) is 0.333. The molecule has 146 valence electrons. The number of hydrogen-bond donors (Lipinski definition) is 1. The van der Waals surface area contributed by atoms with Crippen LogP contribution < -0.4 is 19.7 Å². The number of piperidine rings is 1. The van der Waals surface area contributed by atoms with Crippen LogP contribution in [0.15, 0.2) is 46.9 Å². The molecule has 0 atom stereocenters. The zero-order valence-corrected chi connectivity index (χ0v) is 16.0. The number of nitrogens with zero attached hydrogens (tertiary/aromatic N) is 2. The lowest BCUT2D eigenvalue weighted by molar-refractivity contribution is -0.120. The van der Waals surface area contributed by atoms with Gasteiger partial charge in [0.2, 0.25) is 5.91 Å². The largest absolute Gasteiger partial charge is 0.497 e. The molecule has 0 radical (unpaired) electrons. The fourth-order valence-corrected chi connectivity index (χ4v) is 3.47. The van der Waals surface area contributed by atoms with Crippen LogP contribution in [-0.4, -0.2) is 38.2 Å². The maximum atomic E-state index is 12.8. The molecule has 0 saturated carbocycles. The van der Waals surface area contributed by atoms with Gasteiger partial charge in [-0.3, -0.25) is 4.79 Å². The van der Waals surface area contributed by atoms with Crippen molar-refractivity contribution in [3.63, 3.8) is 0 Å². The van der Waals surface area contributed by atoms with Gasteiger partial charge < -0.3 is 24.1 Å². The van der Waals surface area contributed by atoms with Gasteiger partial charge in [0.15, 0.2) is 5.58 Å². The summed E-state index contributed by atoms with van der Waals surface area (Å²) >= 11 is 0. The number of benzene rings is 2. The summed E-state index contributed by atoms with van der Waals surface area (Å²) < 4.78 is 16.4. The summed E-state index contributed by atoms with van der Waals surface area (Å²) in [5.41, 5.74) is 2.25. The molecule has 0 aliphatic carbocycles. The van der Waals surface area contributed by atoms with Gasteiger partial charge in [-0.25, -0.2) is 0 Å². The van der Waals surface area contributed by atoms with Crippen LogP contribution in [0, 0.1) is 5.92 Å². The van der Waals surface area contributed by atoms with Crippen LogP contribution in [0.3, 0.4) is 0 Å². The third-order valence-electron chi connectivity index (χ3n) is 5.08. The molecule has 1 aliphatic rings. The second-order valence-corrected chi connectivity index (χ2v) is 6.78. The van der Waals surface area contributed by atoms with E-state index in [0.29, 0.717) is 23.2 Å². The van der Waals surface area contributed by atoms with E-state index in [-0.39, 0.29) is 11.8 Å². The lowest BCUT2D eigenvalue weighted by atomic mass is 9.96. The van der Waals surface area contributed by atoms with E-state index in [1.54, 1.807) is 32.4 Å². The number of methoxy groups -OCH3 is 2. The second-order valence-electron chi connectivity index (χ2n) is 6.78. The second kappa shape index (κ2) is 7.80. The molecule has 7 nitrogen and oxygen atoms in total. The van der Waals surface area contributed by atoms with Gasteiger partial charge in [0.05, 0.1) is 19.9 Å². The van der Waals surface area contributed by atoms with Crippen molar-refractivity contribution in [3.8, 4) is 11.5 Å². The van der Waals surface area contributed by atoms with Crippen molar-refractivity contribution in [1.82, 2.24) is 4.98 Å². The summed E-state index contributed by atoms with van der Waals surface area (Å²) in [6.45, 7) is 1.44. The molecular weight excluding hydrogens is 358 g/mol. The number of para-hydroxylation sites is 2. The summed E-state index contributed by atoms with van der Waals surface area (Å²) in [5.74, 6) is 1.19. The molecule has 2 aromatic carbocycles. The first-order valence-electron chi connectivity index (χ1n) is 9.31. The molecule has 0 bridgehead atoms. The lowest BCUT2D eigenvalue weighted by Gasteiger charge is -2.30. The highest BCUT2D eigenvalue weighted by atomic mass is 16.5. The normalized spacial score (nSPS) is 14.9. The number of rotatable bonds is 5. The van der Waals surface area contributed by atoms with E-state index in [1.807, 2.05) is 24.3 Å². The Morgan fingerprint density at radius 1 is 1.14 bits per heavy atom. The highest BCUT2D eigenvalue weighted by Gasteiger charge is 2.27. The summed E-state index contributed by atoms with van der Waals surface area (Å²) in [5, 5.41) is 2.98. The average Bonchev–Trinajstić information content (AvgIpc) is 3.18. The number of fused-ring (bicyclic) bond motifs is 1. The van der Waals surface area contributed by atoms with E-state index in [4.69, 9.17) is 13.9 Å².